The van der Waals surface area contributed by atoms with Gasteiger partial charge in [0.2, 0.25) is 10.0 Å². The number of piperazine rings is 1. The van der Waals surface area contributed by atoms with Crippen LogP contribution in [0.3, 0.4) is 0 Å². The summed E-state index contributed by atoms with van der Waals surface area (Å²) in [6.07, 6.45) is 3.32. The molecule has 0 radical (unpaired) electrons. The molecule has 0 spiro atoms. The predicted octanol–water partition coefficient (Wildman–Crippen LogP) is 7.43. The van der Waals surface area contributed by atoms with E-state index in [-0.39, 0.29) is 29.2 Å². The van der Waals surface area contributed by atoms with Gasteiger partial charge >= 0.3 is 6.03 Å². The second kappa shape index (κ2) is 18.0. The fourth-order valence-corrected chi connectivity index (χ4v) is 7.90. The Kier molecular flexibility index (Phi) is 13.1. The Labute approximate surface area is 351 Å². The smallest absolute Gasteiger partial charge is 0.324 e. The van der Waals surface area contributed by atoms with E-state index >= 15 is 0 Å². The molecule has 60 heavy (non-hydrogen) atoms. The lowest BCUT2D eigenvalue weighted by atomic mass is 9.86. The maximum Gasteiger partial charge on any atom is 0.324 e. The highest BCUT2D eigenvalue weighted by Gasteiger charge is 2.29. The van der Waals surface area contributed by atoms with E-state index in [1.165, 1.54) is 19.1 Å². The average Bonchev–Trinajstić information content (AvgIpc) is 3.20. The molecular weight excluding hydrogens is 785 g/mol. The van der Waals surface area contributed by atoms with Gasteiger partial charge in [-0.1, -0.05) is 52.0 Å². The average molecular weight is 839 g/mol. The summed E-state index contributed by atoms with van der Waals surface area (Å²) in [5, 5.41) is 11.2. The molecule has 6 N–H and O–H groups in total. The number of methoxy groups -OCH3 is 2. The number of hydrogen-bond donors (Lipinski definition) is 5. The summed E-state index contributed by atoms with van der Waals surface area (Å²) >= 11 is 0. The first kappa shape index (κ1) is 43.5. The van der Waals surface area contributed by atoms with Crippen LogP contribution >= 0.6 is 0 Å². The Balaban J connectivity index is 1.28. The number of carbonyl (C=O) groups is 2. The fourth-order valence-electron chi connectivity index (χ4n) is 7.35. The third kappa shape index (κ3) is 9.84. The Hall–Kier alpha value is -6.10. The zero-order chi connectivity index (χ0) is 43.4. The molecule has 1 aliphatic heterocycles. The molecule has 0 aliphatic carbocycles. The van der Waals surface area contributed by atoms with Crippen molar-refractivity contribution in [1.82, 2.24) is 20.5 Å². The molecule has 3 amide bonds. The van der Waals surface area contributed by atoms with E-state index in [0.717, 1.165) is 37.9 Å². The minimum atomic E-state index is -3.72. The number of sulfonamides is 1. The van der Waals surface area contributed by atoms with Crippen LogP contribution in [0.1, 0.15) is 57.0 Å². The Morgan fingerprint density at radius 1 is 0.983 bits per heavy atom. The number of anilines is 5. The number of fused-ring (bicyclic) bond motifs is 1. The molecular formula is C44H54N8O7S. The molecule has 1 aromatic heterocycles. The van der Waals surface area contributed by atoms with Gasteiger partial charge in [-0.15, -0.1) is 0 Å². The molecule has 1 aliphatic rings. The largest absolute Gasteiger partial charge is 0.496 e. The van der Waals surface area contributed by atoms with Crippen LogP contribution in [0.4, 0.5) is 33.4 Å². The molecule has 6 rings (SSSR count). The predicted molar refractivity (Wildman–Crippen MR) is 237 cm³/mol. The van der Waals surface area contributed by atoms with Crippen LogP contribution < -0.4 is 45.5 Å². The van der Waals surface area contributed by atoms with Crippen molar-refractivity contribution < 1.29 is 32.2 Å². The van der Waals surface area contributed by atoms with Gasteiger partial charge in [0.25, 0.3) is 5.91 Å². The number of amides is 3. The number of ether oxygens (including phenoxy) is 3. The second-order valence-electron chi connectivity index (χ2n) is 15.7. The van der Waals surface area contributed by atoms with E-state index in [1.54, 1.807) is 60.8 Å². The standard InChI is InChI=1S/C44H54N8O7S/c1-9-40(51-21-20-46-26-27(51)2)49-42(53)33-15-14-29(24-38(33)57-6)48-39-25-30(18-19-47-39)59-37-17-16-35(31-12-10-11-13-32(31)37)52(43(45)54)36-23-28(44(3,4)5)22-34(41(36)58-7)50-60(8,55)56/h10-19,22-25,27,40,46,50H,9,20-21,26H2,1-8H3,(H2,45,54)(H,47,48)(H,49,53). The van der Waals surface area contributed by atoms with E-state index in [1.807, 2.05) is 45.0 Å². The zero-order valence-corrected chi connectivity index (χ0v) is 36.1. The summed E-state index contributed by atoms with van der Waals surface area (Å²) in [5.74, 6) is 1.76. The number of carbonyl (C=O) groups excluding carboxylic acids is 2. The summed E-state index contributed by atoms with van der Waals surface area (Å²) < 4.78 is 45.2. The second-order valence-corrected chi connectivity index (χ2v) is 17.5. The van der Waals surface area contributed by atoms with Gasteiger partial charge in [0, 0.05) is 60.5 Å². The Morgan fingerprint density at radius 2 is 1.73 bits per heavy atom. The van der Waals surface area contributed by atoms with Crippen LogP contribution in [0.2, 0.25) is 0 Å². The van der Waals surface area contributed by atoms with Gasteiger partial charge in [0.05, 0.1) is 49.3 Å². The summed E-state index contributed by atoms with van der Waals surface area (Å²) in [6, 6.07) is 22.5. The van der Waals surface area contributed by atoms with Gasteiger partial charge in [0.15, 0.2) is 5.75 Å². The van der Waals surface area contributed by atoms with Crippen molar-refractivity contribution in [2.75, 3.05) is 55.0 Å². The number of primary amides is 1. The zero-order valence-electron chi connectivity index (χ0n) is 35.3. The third-order valence-corrected chi connectivity index (χ3v) is 10.9. The summed E-state index contributed by atoms with van der Waals surface area (Å²) in [5.41, 5.74) is 8.33. The fraction of sp³-hybridized carbons (Fsp3) is 0.341. The molecule has 318 valence electrons. The molecule has 0 bridgehead atoms. The topological polar surface area (TPSA) is 189 Å². The van der Waals surface area contributed by atoms with Gasteiger partial charge in [0.1, 0.15) is 23.1 Å². The molecule has 16 heteroatoms. The van der Waals surface area contributed by atoms with Gasteiger partial charge in [-0.3, -0.25) is 19.3 Å². The van der Waals surface area contributed by atoms with Gasteiger partial charge in [-0.2, -0.15) is 0 Å². The van der Waals surface area contributed by atoms with E-state index < -0.39 is 21.5 Å². The number of urea groups is 1. The van der Waals surface area contributed by atoms with Crippen molar-refractivity contribution >= 4 is 61.3 Å². The third-order valence-electron chi connectivity index (χ3n) is 10.3. The summed E-state index contributed by atoms with van der Waals surface area (Å²) in [6.45, 7) is 12.7. The maximum atomic E-state index is 13.5. The van der Waals surface area contributed by atoms with Crippen molar-refractivity contribution in [2.24, 2.45) is 5.73 Å². The van der Waals surface area contributed by atoms with Crippen molar-refractivity contribution in [3.05, 3.63) is 96.2 Å². The molecule has 1 saturated heterocycles. The number of rotatable bonds is 14. The van der Waals surface area contributed by atoms with Gasteiger partial charge in [-0.25, -0.2) is 18.2 Å². The normalized spacial score (nSPS) is 15.2. The van der Waals surface area contributed by atoms with Crippen molar-refractivity contribution in [3.63, 3.8) is 0 Å². The lowest BCUT2D eigenvalue weighted by Crippen LogP contribution is -2.58. The molecule has 2 heterocycles. The number of nitrogens with zero attached hydrogens (tertiary/aromatic N) is 3. The van der Waals surface area contributed by atoms with Crippen LogP contribution in [0, 0.1) is 0 Å². The number of aromatic nitrogens is 1. The van der Waals surface area contributed by atoms with Gasteiger partial charge in [-0.05, 0) is 66.8 Å². The first-order valence-corrected chi connectivity index (χ1v) is 21.6. The minimum Gasteiger partial charge on any atom is -0.496 e. The van der Waals surface area contributed by atoms with E-state index in [2.05, 4.69) is 44.4 Å². The number of nitrogens with two attached hydrogens (primary N) is 1. The molecule has 15 nitrogen and oxygen atoms in total. The molecule has 4 aromatic carbocycles. The van der Waals surface area contributed by atoms with E-state index in [0.29, 0.717) is 56.8 Å². The van der Waals surface area contributed by atoms with Crippen LogP contribution in [0.5, 0.6) is 23.0 Å². The van der Waals surface area contributed by atoms with Crippen molar-refractivity contribution in [3.8, 4) is 23.0 Å². The lowest BCUT2D eigenvalue weighted by molar-refractivity contribution is 0.0695. The number of benzene rings is 4. The Bertz CT molecular complexity index is 2490. The summed E-state index contributed by atoms with van der Waals surface area (Å²) in [7, 11) is -0.790. The van der Waals surface area contributed by atoms with Gasteiger partial charge < -0.3 is 35.9 Å². The van der Waals surface area contributed by atoms with E-state index in [4.69, 9.17) is 19.9 Å². The van der Waals surface area contributed by atoms with Crippen molar-refractivity contribution in [1.29, 1.82) is 0 Å². The first-order chi connectivity index (χ1) is 28.5. The monoisotopic (exact) mass is 838 g/mol. The highest BCUT2D eigenvalue weighted by Crippen LogP contribution is 2.46. The molecule has 2 atom stereocenters. The molecule has 2 unspecified atom stereocenters. The number of hydrogen-bond acceptors (Lipinski definition) is 11. The SMILES string of the molecule is CCC(NC(=O)c1ccc(Nc2cc(Oc3ccc(N(C(N)=O)c4cc(C(C)(C)C)cc(NS(C)(=O)=O)c4OC)c4ccccc34)ccn2)cc1OC)N1CCNCC1C. The van der Waals surface area contributed by atoms with Crippen LogP contribution in [0.25, 0.3) is 10.8 Å². The number of pyridine rings is 1. The van der Waals surface area contributed by atoms with Crippen LogP contribution in [-0.4, -0.2) is 82.6 Å². The van der Waals surface area contributed by atoms with Crippen LogP contribution in [-0.2, 0) is 15.4 Å². The first-order valence-electron chi connectivity index (χ1n) is 19.7. The highest BCUT2D eigenvalue weighted by atomic mass is 32.2. The number of nitrogens with one attached hydrogen (secondary N) is 4. The minimum absolute atomic E-state index is 0.104. The quantitative estimate of drug-likeness (QED) is 0.0748. The molecule has 0 saturated carbocycles. The molecule has 1 fully saturated rings. The summed E-state index contributed by atoms with van der Waals surface area (Å²) in [4.78, 5) is 35.0. The molecule has 5 aromatic rings. The van der Waals surface area contributed by atoms with E-state index in [9.17, 15) is 18.0 Å². The lowest BCUT2D eigenvalue weighted by Gasteiger charge is -2.39. The maximum absolute atomic E-state index is 13.5. The van der Waals surface area contributed by atoms with Crippen molar-refractivity contribution in [2.45, 2.75) is 58.7 Å². The Morgan fingerprint density at radius 3 is 2.38 bits per heavy atom. The highest BCUT2D eigenvalue weighted by molar-refractivity contribution is 7.92. The van der Waals surface area contributed by atoms with Crippen LogP contribution in [0.15, 0.2) is 85.1 Å².